The van der Waals surface area contributed by atoms with Gasteiger partial charge in [-0.25, -0.2) is 14.4 Å². The van der Waals surface area contributed by atoms with Crippen LogP contribution in [0.1, 0.15) is 42.9 Å². The van der Waals surface area contributed by atoms with Crippen LogP contribution < -0.4 is 5.56 Å². The van der Waals surface area contributed by atoms with Crippen molar-refractivity contribution in [2.24, 2.45) is 0 Å². The quantitative estimate of drug-likeness (QED) is 0.159. The number of fused-ring (bicyclic) bond motifs is 1. The summed E-state index contributed by atoms with van der Waals surface area (Å²) in [5, 5.41) is 55.5. The molecular weight excluding hydrogens is 622 g/mol. The molecule has 0 unspecified atom stereocenters. The van der Waals surface area contributed by atoms with Crippen LogP contribution in [-0.2, 0) is 4.74 Å². The maximum Gasteiger partial charge on any atom is 0.335 e. The van der Waals surface area contributed by atoms with Crippen LogP contribution in [0.15, 0.2) is 126 Å². The molecule has 0 aliphatic carbocycles. The van der Waals surface area contributed by atoms with Crippen LogP contribution in [0, 0.1) is 6.92 Å². The number of nitrogens with zero attached hydrogens (tertiary/aromatic N) is 1. The van der Waals surface area contributed by atoms with Crippen LogP contribution in [-0.4, -0.2) is 78.0 Å². The number of carboxylic acids is 3. The molecule has 12 heteroatoms. The molecule has 0 spiro atoms. The highest BCUT2D eigenvalue weighted by Crippen LogP contribution is 2.29. The lowest BCUT2D eigenvalue weighted by atomic mass is 10.1. The molecule has 250 valence electrons. The monoisotopic (exact) mass is 657 g/mol. The van der Waals surface area contributed by atoms with Crippen molar-refractivity contribution in [2.45, 2.75) is 31.5 Å². The van der Waals surface area contributed by atoms with Crippen molar-refractivity contribution in [3.05, 3.63) is 154 Å². The topological polar surface area (TPSA) is 204 Å². The van der Waals surface area contributed by atoms with Crippen molar-refractivity contribution in [1.82, 2.24) is 4.57 Å². The third-order valence-corrected chi connectivity index (χ3v) is 7.00. The van der Waals surface area contributed by atoms with Crippen LogP contribution in [0.4, 0.5) is 0 Å². The Kier molecular flexibility index (Phi) is 13.7. The van der Waals surface area contributed by atoms with Gasteiger partial charge in [0.15, 0.2) is 6.23 Å². The molecule has 48 heavy (non-hydrogen) atoms. The number of benzene rings is 4. The van der Waals surface area contributed by atoms with E-state index in [0.29, 0.717) is 22.1 Å². The van der Waals surface area contributed by atoms with Gasteiger partial charge in [0.25, 0.3) is 5.56 Å². The first-order chi connectivity index (χ1) is 23.0. The van der Waals surface area contributed by atoms with Gasteiger partial charge < -0.3 is 35.4 Å². The normalized spacial score (nSPS) is 17.8. The van der Waals surface area contributed by atoms with Gasteiger partial charge >= 0.3 is 17.9 Å². The van der Waals surface area contributed by atoms with E-state index >= 15 is 0 Å². The van der Waals surface area contributed by atoms with Gasteiger partial charge in [0.05, 0.1) is 23.3 Å². The summed E-state index contributed by atoms with van der Waals surface area (Å²) in [5.74, 6) is -2.64. The standard InChI is InChI=1S/C15H17NO5.3C7H6O2/c1-8-6-16(14(20)10-5-3-2-4-9(8)10)15-13(19)12(18)11(7-17)21-15;3*8-7(9)6-4-2-1-3-5-6/h2-6,11-13,15,17-19H,7H2,1H3;3*1-5H,(H,8,9)/t11-,12-,13-,15-;;;/m1.../s1. The zero-order chi connectivity index (χ0) is 35.2. The van der Waals surface area contributed by atoms with Gasteiger partial charge in [-0.1, -0.05) is 72.8 Å². The van der Waals surface area contributed by atoms with Gasteiger partial charge in [-0.05, 0) is 60.3 Å². The Morgan fingerprint density at radius 1 is 0.625 bits per heavy atom. The van der Waals surface area contributed by atoms with Gasteiger partial charge in [0, 0.05) is 11.6 Å². The number of ether oxygens (including phenoxy) is 1. The van der Waals surface area contributed by atoms with E-state index in [-0.39, 0.29) is 5.56 Å². The van der Waals surface area contributed by atoms with Gasteiger partial charge in [-0.15, -0.1) is 0 Å². The predicted molar refractivity (Wildman–Crippen MR) is 176 cm³/mol. The summed E-state index contributed by atoms with van der Waals surface area (Å²) in [6.07, 6.45) is -2.79. The summed E-state index contributed by atoms with van der Waals surface area (Å²) in [4.78, 5) is 43.1. The first-order valence-electron chi connectivity index (χ1n) is 14.5. The van der Waals surface area contributed by atoms with Crippen molar-refractivity contribution >= 4 is 28.7 Å². The van der Waals surface area contributed by atoms with Crippen molar-refractivity contribution < 1.29 is 49.8 Å². The Balaban J connectivity index is 0.000000193. The van der Waals surface area contributed by atoms with E-state index < -0.39 is 49.1 Å². The second-order valence-corrected chi connectivity index (χ2v) is 10.3. The predicted octanol–water partition coefficient (Wildman–Crippen LogP) is 4.08. The summed E-state index contributed by atoms with van der Waals surface area (Å²) >= 11 is 0. The molecule has 6 N–H and O–H groups in total. The first kappa shape index (κ1) is 36.8. The Labute approximate surface area is 275 Å². The Hall–Kier alpha value is -5.66. The number of aliphatic hydroxyl groups is 3. The average molecular weight is 658 g/mol. The van der Waals surface area contributed by atoms with Gasteiger partial charge in [0.2, 0.25) is 0 Å². The number of hydrogen-bond donors (Lipinski definition) is 6. The first-order valence-corrected chi connectivity index (χ1v) is 14.5. The molecule has 4 atom stereocenters. The fraction of sp³-hybridized carbons (Fsp3) is 0.167. The fourth-order valence-electron chi connectivity index (χ4n) is 4.53. The molecule has 1 fully saturated rings. The van der Waals surface area contributed by atoms with E-state index in [1.807, 2.05) is 19.1 Å². The summed E-state index contributed by atoms with van der Waals surface area (Å²) in [6.45, 7) is 1.44. The third kappa shape index (κ3) is 9.92. The molecule has 6 rings (SSSR count). The minimum absolute atomic E-state index is 0.300. The smallest absolute Gasteiger partial charge is 0.335 e. The van der Waals surface area contributed by atoms with Crippen LogP contribution in [0.2, 0.25) is 0 Å². The van der Waals surface area contributed by atoms with Crippen molar-refractivity contribution in [3.63, 3.8) is 0 Å². The van der Waals surface area contributed by atoms with E-state index in [1.54, 1.807) is 109 Å². The molecule has 1 aliphatic heterocycles. The molecule has 0 bridgehead atoms. The van der Waals surface area contributed by atoms with Gasteiger partial charge in [-0.3, -0.25) is 9.36 Å². The minimum atomic E-state index is -1.26. The lowest BCUT2D eigenvalue weighted by Gasteiger charge is -2.19. The van der Waals surface area contributed by atoms with Crippen LogP contribution in [0.25, 0.3) is 10.8 Å². The number of aliphatic hydroxyl groups excluding tert-OH is 3. The third-order valence-electron chi connectivity index (χ3n) is 7.00. The molecule has 0 amide bonds. The molecule has 5 aromatic rings. The van der Waals surface area contributed by atoms with E-state index in [4.69, 9.17) is 25.2 Å². The Morgan fingerprint density at radius 3 is 1.33 bits per heavy atom. The van der Waals surface area contributed by atoms with E-state index in [2.05, 4.69) is 0 Å². The summed E-state index contributed by atoms with van der Waals surface area (Å²) in [5.41, 5.74) is 1.56. The maximum absolute atomic E-state index is 12.5. The highest BCUT2D eigenvalue weighted by Gasteiger charge is 2.43. The number of carbonyl (C=O) groups is 3. The Bertz CT molecular complexity index is 1730. The molecule has 4 aromatic carbocycles. The zero-order valence-electron chi connectivity index (χ0n) is 25.7. The second-order valence-electron chi connectivity index (χ2n) is 10.3. The molecular formula is C36H35NO11. The van der Waals surface area contributed by atoms with E-state index in [1.165, 1.54) is 4.57 Å². The molecule has 12 nitrogen and oxygen atoms in total. The number of aromatic nitrogens is 1. The SMILES string of the molecule is Cc1cn([C@@H]2O[C@H](CO)[C@@H](O)[C@H]2O)c(=O)c2ccccc12.O=C(O)c1ccccc1.O=C(O)c1ccccc1.O=C(O)c1ccccc1. The van der Waals surface area contributed by atoms with E-state index in [9.17, 15) is 29.4 Å². The number of pyridine rings is 1. The molecule has 2 heterocycles. The maximum atomic E-state index is 12.5. The van der Waals surface area contributed by atoms with Crippen molar-refractivity contribution in [3.8, 4) is 0 Å². The van der Waals surface area contributed by atoms with Gasteiger partial charge in [0.1, 0.15) is 18.3 Å². The average Bonchev–Trinajstić information content (AvgIpc) is 3.40. The number of hydrogen-bond acceptors (Lipinski definition) is 8. The molecule has 1 aliphatic rings. The number of carboxylic acid groups (broad SMARTS) is 3. The van der Waals surface area contributed by atoms with Crippen LogP contribution in [0.5, 0.6) is 0 Å². The van der Waals surface area contributed by atoms with Crippen LogP contribution in [0.3, 0.4) is 0 Å². The fourth-order valence-corrected chi connectivity index (χ4v) is 4.53. The summed E-state index contributed by atoms with van der Waals surface area (Å²) < 4.78 is 6.70. The number of aromatic carboxylic acids is 3. The summed E-state index contributed by atoms with van der Waals surface area (Å²) in [7, 11) is 0. The van der Waals surface area contributed by atoms with Gasteiger partial charge in [-0.2, -0.15) is 0 Å². The molecule has 0 radical (unpaired) electrons. The lowest BCUT2D eigenvalue weighted by molar-refractivity contribution is -0.0542. The number of aryl methyl sites for hydroxylation is 1. The van der Waals surface area contributed by atoms with Crippen LogP contribution >= 0.6 is 0 Å². The highest BCUT2D eigenvalue weighted by molar-refractivity contribution is 5.88. The van der Waals surface area contributed by atoms with Crippen molar-refractivity contribution in [2.75, 3.05) is 6.61 Å². The lowest BCUT2D eigenvalue weighted by Crippen LogP contribution is -2.35. The molecule has 0 saturated carbocycles. The second kappa shape index (κ2) is 17.9. The van der Waals surface area contributed by atoms with E-state index in [0.717, 1.165) is 10.9 Å². The molecule has 1 aromatic heterocycles. The minimum Gasteiger partial charge on any atom is -0.478 e. The number of rotatable bonds is 5. The largest absolute Gasteiger partial charge is 0.478 e. The highest BCUT2D eigenvalue weighted by atomic mass is 16.6. The van der Waals surface area contributed by atoms with Crippen molar-refractivity contribution in [1.29, 1.82) is 0 Å². The Morgan fingerprint density at radius 2 is 1.00 bits per heavy atom. The molecule has 1 saturated heterocycles. The summed E-state index contributed by atoms with van der Waals surface area (Å²) in [6, 6.07) is 32.1. The zero-order valence-corrected chi connectivity index (χ0v) is 25.7.